The number of fused-ring (bicyclic) bond motifs is 1. The van der Waals surface area contributed by atoms with E-state index in [0.717, 1.165) is 17.0 Å². The summed E-state index contributed by atoms with van der Waals surface area (Å²) >= 11 is 0. The van der Waals surface area contributed by atoms with E-state index >= 15 is 0 Å². The second-order valence-electron chi connectivity index (χ2n) is 7.24. The summed E-state index contributed by atoms with van der Waals surface area (Å²) in [6.07, 6.45) is 4.17. The zero-order chi connectivity index (χ0) is 20.5. The van der Waals surface area contributed by atoms with Crippen LogP contribution in [0, 0.1) is 0 Å². The van der Waals surface area contributed by atoms with Gasteiger partial charge in [-0.15, -0.1) is 0 Å². The number of benzene rings is 2. The average Bonchev–Trinajstić information content (AvgIpc) is 2.90. The van der Waals surface area contributed by atoms with Crippen LogP contribution in [0.15, 0.2) is 42.5 Å². The molecule has 0 N–H and O–H groups in total. The van der Waals surface area contributed by atoms with Gasteiger partial charge in [0, 0.05) is 17.7 Å². The average molecular weight is 380 g/mol. The second-order valence-corrected chi connectivity index (χ2v) is 7.24. The van der Waals surface area contributed by atoms with Crippen molar-refractivity contribution in [2.45, 2.75) is 19.3 Å². The Hall–Kier alpha value is -3.08. The van der Waals surface area contributed by atoms with Crippen molar-refractivity contribution in [3.63, 3.8) is 0 Å². The highest BCUT2D eigenvalue weighted by molar-refractivity contribution is 6.05. The minimum absolute atomic E-state index is 0.189. The molecule has 0 saturated carbocycles. The number of hydrogen-bond donors (Lipinski definition) is 0. The van der Waals surface area contributed by atoms with Gasteiger partial charge in [-0.05, 0) is 43.7 Å². The van der Waals surface area contributed by atoms with Gasteiger partial charge in [-0.2, -0.15) is 4.58 Å². The summed E-state index contributed by atoms with van der Waals surface area (Å²) in [5.41, 5.74) is 4.70. The van der Waals surface area contributed by atoms with Crippen molar-refractivity contribution in [2.75, 3.05) is 28.4 Å². The molecule has 0 spiro atoms. The fraction of sp³-hybridized carbons (Fsp3) is 0.304. The van der Waals surface area contributed by atoms with E-state index in [1.54, 1.807) is 14.2 Å². The predicted molar refractivity (Wildman–Crippen MR) is 110 cm³/mol. The molecule has 0 bridgehead atoms. The molecule has 2 aromatic rings. The Labute approximate surface area is 165 Å². The van der Waals surface area contributed by atoms with Crippen LogP contribution >= 0.6 is 0 Å². The highest BCUT2D eigenvalue weighted by Gasteiger charge is 2.43. The summed E-state index contributed by atoms with van der Waals surface area (Å²) in [4.78, 5) is 11.9. The number of carbonyl (C=O) groups excluding carboxylic acids is 1. The molecule has 5 heteroatoms. The first kappa shape index (κ1) is 19.7. The number of carbonyl (C=O) groups is 1. The van der Waals surface area contributed by atoms with Crippen LogP contribution in [-0.4, -0.2) is 44.6 Å². The number of ether oxygens (including phenoxy) is 3. The van der Waals surface area contributed by atoms with Gasteiger partial charge >= 0.3 is 5.97 Å². The zero-order valence-electron chi connectivity index (χ0n) is 17.2. The summed E-state index contributed by atoms with van der Waals surface area (Å²) in [6, 6.07) is 11.5. The number of nitrogens with zero attached hydrogens (tertiary/aromatic N) is 1. The molecule has 2 aromatic carbocycles. The quantitative estimate of drug-likeness (QED) is 0.576. The van der Waals surface area contributed by atoms with Crippen LogP contribution in [0.2, 0.25) is 0 Å². The van der Waals surface area contributed by atoms with Crippen LogP contribution in [0.5, 0.6) is 11.5 Å². The van der Waals surface area contributed by atoms with E-state index in [-0.39, 0.29) is 11.4 Å². The molecule has 0 radical (unpaired) electrons. The molecule has 1 aliphatic heterocycles. The summed E-state index contributed by atoms with van der Waals surface area (Å²) < 4.78 is 17.7. The van der Waals surface area contributed by atoms with Crippen LogP contribution in [0.1, 0.15) is 35.3 Å². The number of esters is 1. The number of rotatable bonds is 5. The predicted octanol–water partition coefficient (Wildman–Crippen LogP) is 4.21. The van der Waals surface area contributed by atoms with Gasteiger partial charge in [-0.25, -0.2) is 4.79 Å². The lowest BCUT2D eigenvalue weighted by Gasteiger charge is -2.15. The van der Waals surface area contributed by atoms with Crippen molar-refractivity contribution in [3.05, 3.63) is 59.2 Å². The molecule has 0 fully saturated rings. The fourth-order valence-electron chi connectivity index (χ4n) is 3.72. The molecule has 1 heterocycles. The molecular weight excluding hydrogens is 354 g/mol. The largest absolute Gasteiger partial charge is 0.493 e. The number of allylic oxidation sites excluding steroid dienone is 1. The first-order valence-corrected chi connectivity index (χ1v) is 9.07. The minimum Gasteiger partial charge on any atom is -0.493 e. The van der Waals surface area contributed by atoms with Crippen molar-refractivity contribution < 1.29 is 23.6 Å². The Morgan fingerprint density at radius 1 is 0.964 bits per heavy atom. The van der Waals surface area contributed by atoms with Gasteiger partial charge in [0.05, 0.1) is 32.3 Å². The lowest BCUT2D eigenvalue weighted by atomic mass is 9.81. The Kier molecular flexibility index (Phi) is 5.27. The maximum Gasteiger partial charge on any atom is 0.338 e. The maximum absolute atomic E-state index is 11.9. The smallest absolute Gasteiger partial charge is 0.338 e. The zero-order valence-corrected chi connectivity index (χ0v) is 17.2. The fourth-order valence-corrected chi connectivity index (χ4v) is 3.72. The maximum atomic E-state index is 11.9. The summed E-state index contributed by atoms with van der Waals surface area (Å²) in [7, 11) is 6.66. The van der Waals surface area contributed by atoms with Crippen LogP contribution < -0.4 is 9.47 Å². The molecule has 146 valence electrons. The lowest BCUT2D eigenvalue weighted by Crippen LogP contribution is -2.26. The van der Waals surface area contributed by atoms with E-state index in [1.807, 2.05) is 43.4 Å². The summed E-state index contributed by atoms with van der Waals surface area (Å²) in [5, 5.41) is 0. The molecule has 0 aliphatic carbocycles. The summed E-state index contributed by atoms with van der Waals surface area (Å²) in [5.74, 6) is 1.07. The Morgan fingerprint density at radius 2 is 1.68 bits per heavy atom. The normalized spacial score (nSPS) is 14.9. The summed E-state index contributed by atoms with van der Waals surface area (Å²) in [6.45, 7) is 4.36. The molecular formula is C23H26NO4+. The molecule has 0 amide bonds. The second kappa shape index (κ2) is 7.50. The van der Waals surface area contributed by atoms with Crippen LogP contribution in [0.4, 0.5) is 5.69 Å². The third kappa shape index (κ3) is 3.28. The molecule has 3 rings (SSSR count). The highest BCUT2D eigenvalue weighted by atomic mass is 16.5. The topological polar surface area (TPSA) is 47.8 Å². The van der Waals surface area contributed by atoms with Crippen molar-refractivity contribution >= 4 is 23.4 Å². The van der Waals surface area contributed by atoms with Gasteiger partial charge < -0.3 is 14.2 Å². The SMILES string of the molecule is COC(=O)c1ccc2c(c1)[N+](C)=C(/C=C/c1ccc(OC)c(OC)c1)C2(C)C. The van der Waals surface area contributed by atoms with E-state index in [0.29, 0.717) is 17.1 Å². The molecule has 0 atom stereocenters. The standard InChI is InChI=1S/C23H26NO4/c1-23(2)17-10-9-16(22(25)28-6)14-18(17)24(3)21(23)12-8-15-7-11-19(26-4)20(13-15)27-5/h7-14H,1-6H3/q+1/b12-8+. The van der Waals surface area contributed by atoms with E-state index in [4.69, 9.17) is 14.2 Å². The van der Waals surface area contributed by atoms with Crippen molar-refractivity contribution in [1.82, 2.24) is 0 Å². The Balaban J connectivity index is 2.00. The number of methoxy groups -OCH3 is 3. The van der Waals surface area contributed by atoms with Gasteiger partial charge in [-0.1, -0.05) is 12.1 Å². The lowest BCUT2D eigenvalue weighted by molar-refractivity contribution is -0.401. The first-order chi connectivity index (χ1) is 13.3. The molecule has 0 saturated heterocycles. The molecule has 0 unspecified atom stereocenters. The Morgan fingerprint density at radius 3 is 2.32 bits per heavy atom. The number of hydrogen-bond acceptors (Lipinski definition) is 4. The van der Waals surface area contributed by atoms with Gasteiger partial charge in [-0.3, -0.25) is 0 Å². The molecule has 28 heavy (non-hydrogen) atoms. The van der Waals surface area contributed by atoms with Crippen LogP contribution in [-0.2, 0) is 10.2 Å². The van der Waals surface area contributed by atoms with Crippen LogP contribution in [0.25, 0.3) is 6.08 Å². The van der Waals surface area contributed by atoms with Crippen molar-refractivity contribution in [1.29, 1.82) is 0 Å². The highest BCUT2D eigenvalue weighted by Crippen LogP contribution is 2.40. The van der Waals surface area contributed by atoms with Crippen molar-refractivity contribution in [2.24, 2.45) is 0 Å². The Bertz CT molecular complexity index is 986. The third-order valence-electron chi connectivity index (χ3n) is 5.30. The van der Waals surface area contributed by atoms with E-state index in [1.165, 1.54) is 12.7 Å². The molecule has 5 nitrogen and oxygen atoms in total. The molecule has 0 aromatic heterocycles. The van der Waals surface area contributed by atoms with Crippen LogP contribution in [0.3, 0.4) is 0 Å². The third-order valence-corrected chi connectivity index (χ3v) is 5.30. The van der Waals surface area contributed by atoms with E-state index in [9.17, 15) is 4.79 Å². The minimum atomic E-state index is -0.330. The van der Waals surface area contributed by atoms with Crippen molar-refractivity contribution in [3.8, 4) is 11.5 Å². The molecule has 1 aliphatic rings. The first-order valence-electron chi connectivity index (χ1n) is 9.07. The van der Waals surface area contributed by atoms with Gasteiger partial charge in [0.25, 0.3) is 0 Å². The van der Waals surface area contributed by atoms with Gasteiger partial charge in [0.2, 0.25) is 5.69 Å². The van der Waals surface area contributed by atoms with E-state index in [2.05, 4.69) is 30.6 Å². The van der Waals surface area contributed by atoms with Gasteiger partial charge in [0.15, 0.2) is 17.2 Å². The monoisotopic (exact) mass is 380 g/mol. The van der Waals surface area contributed by atoms with E-state index < -0.39 is 0 Å². The van der Waals surface area contributed by atoms with Gasteiger partial charge in [0.1, 0.15) is 7.05 Å².